The zero-order valence-corrected chi connectivity index (χ0v) is 9.53. The van der Waals surface area contributed by atoms with E-state index in [0.717, 1.165) is 5.92 Å². The third-order valence-corrected chi connectivity index (χ3v) is 3.79. The number of nitrogens with one attached hydrogen (secondary N) is 1. The fourth-order valence-electron chi connectivity index (χ4n) is 2.98. The van der Waals surface area contributed by atoms with Crippen molar-refractivity contribution < 1.29 is 0 Å². The molecule has 1 heteroatoms. The molecule has 1 N–H and O–H groups in total. The van der Waals surface area contributed by atoms with Gasteiger partial charge in [0, 0.05) is 0 Å². The molecule has 1 atom stereocenters. The predicted octanol–water partition coefficient (Wildman–Crippen LogP) is 3.20. The van der Waals surface area contributed by atoms with Gasteiger partial charge in [0.25, 0.3) is 0 Å². The van der Waals surface area contributed by atoms with Crippen LogP contribution in [0.4, 0.5) is 0 Å². The molecule has 0 radical (unpaired) electrons. The Morgan fingerprint density at radius 1 is 1.23 bits per heavy atom. The molecule has 1 nitrogen and oxygen atoms in total. The van der Waals surface area contributed by atoms with Crippen LogP contribution in [0.2, 0.25) is 0 Å². The van der Waals surface area contributed by atoms with E-state index in [1.807, 2.05) is 0 Å². The summed E-state index contributed by atoms with van der Waals surface area (Å²) < 4.78 is 0. The molecule has 0 saturated carbocycles. The fourth-order valence-corrected chi connectivity index (χ4v) is 2.98. The van der Waals surface area contributed by atoms with Gasteiger partial charge in [0.2, 0.25) is 0 Å². The van der Waals surface area contributed by atoms with Gasteiger partial charge in [-0.2, -0.15) is 0 Å². The second-order valence-corrected chi connectivity index (χ2v) is 4.72. The molecule has 1 unspecified atom stereocenters. The molecule has 13 heavy (non-hydrogen) atoms. The van der Waals surface area contributed by atoms with Crippen molar-refractivity contribution in [2.75, 3.05) is 13.1 Å². The van der Waals surface area contributed by atoms with Crippen molar-refractivity contribution >= 4 is 0 Å². The Bertz CT molecular complexity index is 131. The number of hydrogen-bond acceptors (Lipinski definition) is 1. The SMILES string of the molecule is CCCC1(CCC)CCNCC1C. The summed E-state index contributed by atoms with van der Waals surface area (Å²) in [5.74, 6) is 0.876. The molecule has 0 aromatic heterocycles. The largest absolute Gasteiger partial charge is 0.316 e. The van der Waals surface area contributed by atoms with Gasteiger partial charge in [0.1, 0.15) is 0 Å². The van der Waals surface area contributed by atoms with E-state index in [2.05, 4.69) is 26.1 Å². The summed E-state index contributed by atoms with van der Waals surface area (Å²) in [6, 6.07) is 0. The zero-order valence-electron chi connectivity index (χ0n) is 9.53. The van der Waals surface area contributed by atoms with Crippen LogP contribution in [0.15, 0.2) is 0 Å². The molecule has 0 aromatic rings. The van der Waals surface area contributed by atoms with Crippen LogP contribution < -0.4 is 5.32 Å². The first-order chi connectivity index (χ1) is 6.25. The van der Waals surface area contributed by atoms with Crippen LogP contribution >= 0.6 is 0 Å². The molecule has 0 spiro atoms. The van der Waals surface area contributed by atoms with Crippen molar-refractivity contribution in [1.82, 2.24) is 5.32 Å². The van der Waals surface area contributed by atoms with Gasteiger partial charge in [-0.3, -0.25) is 0 Å². The van der Waals surface area contributed by atoms with Crippen molar-refractivity contribution in [3.63, 3.8) is 0 Å². The fraction of sp³-hybridized carbons (Fsp3) is 1.00. The highest BCUT2D eigenvalue weighted by atomic mass is 14.9. The second-order valence-electron chi connectivity index (χ2n) is 4.72. The zero-order chi connectivity index (χ0) is 9.73. The summed E-state index contributed by atoms with van der Waals surface area (Å²) in [5.41, 5.74) is 0.675. The molecule has 78 valence electrons. The third kappa shape index (κ3) is 2.46. The second kappa shape index (κ2) is 4.99. The topological polar surface area (TPSA) is 12.0 Å². The molecule has 0 amide bonds. The van der Waals surface area contributed by atoms with E-state index in [0.29, 0.717) is 5.41 Å². The maximum absolute atomic E-state index is 3.51. The Kier molecular flexibility index (Phi) is 4.24. The summed E-state index contributed by atoms with van der Waals surface area (Å²) in [7, 11) is 0. The van der Waals surface area contributed by atoms with Crippen LogP contribution in [0.25, 0.3) is 0 Å². The Balaban J connectivity index is 2.61. The Morgan fingerprint density at radius 2 is 1.85 bits per heavy atom. The molecule has 0 aromatic carbocycles. The summed E-state index contributed by atoms with van der Waals surface area (Å²) in [5, 5.41) is 3.51. The van der Waals surface area contributed by atoms with E-state index in [-0.39, 0.29) is 0 Å². The van der Waals surface area contributed by atoms with E-state index < -0.39 is 0 Å². The lowest BCUT2D eigenvalue weighted by Gasteiger charge is -2.43. The number of piperidine rings is 1. The van der Waals surface area contributed by atoms with Crippen molar-refractivity contribution in [3.05, 3.63) is 0 Å². The van der Waals surface area contributed by atoms with Gasteiger partial charge in [-0.15, -0.1) is 0 Å². The lowest BCUT2D eigenvalue weighted by molar-refractivity contribution is 0.0939. The average molecular weight is 183 g/mol. The van der Waals surface area contributed by atoms with E-state index in [1.54, 1.807) is 0 Å². The Morgan fingerprint density at radius 3 is 2.31 bits per heavy atom. The highest BCUT2D eigenvalue weighted by Crippen LogP contribution is 2.42. The molecular formula is C12H25N. The van der Waals surface area contributed by atoms with Gasteiger partial charge >= 0.3 is 0 Å². The van der Waals surface area contributed by atoms with Gasteiger partial charge < -0.3 is 5.32 Å². The van der Waals surface area contributed by atoms with Crippen LogP contribution in [0, 0.1) is 11.3 Å². The minimum atomic E-state index is 0.675. The van der Waals surface area contributed by atoms with Crippen molar-refractivity contribution in [3.8, 4) is 0 Å². The van der Waals surface area contributed by atoms with Crippen LogP contribution in [0.1, 0.15) is 52.9 Å². The smallest absolute Gasteiger partial charge is 0.00178 e. The molecule has 1 fully saturated rings. The standard InChI is InChI=1S/C12H25N/c1-4-6-12(7-5-2)8-9-13-10-11(12)3/h11,13H,4-10H2,1-3H3. The Labute approximate surface area is 83.3 Å². The minimum Gasteiger partial charge on any atom is -0.316 e. The van der Waals surface area contributed by atoms with Crippen LogP contribution in [-0.2, 0) is 0 Å². The van der Waals surface area contributed by atoms with Crippen molar-refractivity contribution in [2.24, 2.45) is 11.3 Å². The molecule has 1 rings (SSSR count). The van der Waals surface area contributed by atoms with Gasteiger partial charge in [-0.05, 0) is 43.7 Å². The van der Waals surface area contributed by atoms with Crippen LogP contribution in [0.5, 0.6) is 0 Å². The first-order valence-corrected chi connectivity index (χ1v) is 5.96. The summed E-state index contributed by atoms with van der Waals surface area (Å²) >= 11 is 0. The maximum Gasteiger partial charge on any atom is -0.00178 e. The molecule has 1 heterocycles. The Hall–Kier alpha value is -0.0400. The maximum atomic E-state index is 3.51. The average Bonchev–Trinajstić information content (AvgIpc) is 2.11. The third-order valence-electron chi connectivity index (χ3n) is 3.79. The highest BCUT2D eigenvalue weighted by Gasteiger charge is 2.35. The minimum absolute atomic E-state index is 0.675. The van der Waals surface area contributed by atoms with Gasteiger partial charge in [0.05, 0.1) is 0 Å². The van der Waals surface area contributed by atoms with Crippen molar-refractivity contribution in [1.29, 1.82) is 0 Å². The first kappa shape index (κ1) is 11.0. The summed E-state index contributed by atoms with van der Waals surface area (Å²) in [4.78, 5) is 0. The van der Waals surface area contributed by atoms with E-state index in [9.17, 15) is 0 Å². The quantitative estimate of drug-likeness (QED) is 0.705. The lowest BCUT2D eigenvalue weighted by Crippen LogP contribution is -2.43. The molecule has 1 aliphatic heterocycles. The van der Waals surface area contributed by atoms with Crippen molar-refractivity contribution in [2.45, 2.75) is 52.9 Å². The van der Waals surface area contributed by atoms with E-state index in [4.69, 9.17) is 0 Å². The molecule has 0 aliphatic carbocycles. The lowest BCUT2D eigenvalue weighted by atomic mass is 9.66. The monoisotopic (exact) mass is 183 g/mol. The predicted molar refractivity (Wildman–Crippen MR) is 58.9 cm³/mol. The first-order valence-electron chi connectivity index (χ1n) is 5.96. The van der Waals surface area contributed by atoms with Gasteiger partial charge in [0.15, 0.2) is 0 Å². The summed E-state index contributed by atoms with van der Waals surface area (Å²) in [6.45, 7) is 9.56. The normalized spacial score (nSPS) is 27.5. The van der Waals surface area contributed by atoms with E-state index >= 15 is 0 Å². The van der Waals surface area contributed by atoms with Gasteiger partial charge in [-0.1, -0.05) is 33.6 Å². The summed E-state index contributed by atoms with van der Waals surface area (Å²) in [6.07, 6.45) is 6.97. The molecular weight excluding hydrogens is 158 g/mol. The van der Waals surface area contributed by atoms with Crippen LogP contribution in [0.3, 0.4) is 0 Å². The molecule has 1 saturated heterocycles. The van der Waals surface area contributed by atoms with Gasteiger partial charge in [-0.25, -0.2) is 0 Å². The highest BCUT2D eigenvalue weighted by molar-refractivity contribution is 4.88. The molecule has 0 bridgehead atoms. The number of hydrogen-bond donors (Lipinski definition) is 1. The number of rotatable bonds is 4. The molecule has 1 aliphatic rings. The van der Waals surface area contributed by atoms with Crippen LogP contribution in [-0.4, -0.2) is 13.1 Å². The van der Waals surface area contributed by atoms with E-state index in [1.165, 1.54) is 45.2 Å².